The highest BCUT2D eigenvalue weighted by atomic mass is 32.2. The molecule has 6 heteroatoms. The van der Waals surface area contributed by atoms with Crippen LogP contribution in [-0.2, 0) is 11.3 Å². The average Bonchev–Trinajstić information content (AvgIpc) is 3.58. The normalized spacial score (nSPS) is 16.2. The lowest BCUT2D eigenvalue weighted by Gasteiger charge is -2.21. The molecule has 2 aromatic carbocycles. The van der Waals surface area contributed by atoms with Crippen LogP contribution in [-0.4, -0.2) is 44.4 Å². The number of carbonyl (C=O) groups is 1. The number of amides is 1. The predicted octanol–water partition coefficient (Wildman–Crippen LogP) is 4.22. The molecule has 1 fully saturated rings. The summed E-state index contributed by atoms with van der Waals surface area (Å²) in [4.78, 5) is 15.8. The van der Waals surface area contributed by atoms with Crippen LogP contribution in [0, 0.1) is 5.92 Å². The molecule has 0 saturated heterocycles. The second-order valence-electron chi connectivity index (χ2n) is 7.12. The van der Waals surface area contributed by atoms with E-state index in [-0.39, 0.29) is 5.92 Å². The Kier molecular flexibility index (Phi) is 5.40. The molecule has 4 rings (SSSR count). The zero-order valence-corrected chi connectivity index (χ0v) is 17.3. The first-order chi connectivity index (χ1) is 13.6. The van der Waals surface area contributed by atoms with Crippen LogP contribution in [0.25, 0.3) is 11.1 Å². The van der Waals surface area contributed by atoms with Gasteiger partial charge in [0.1, 0.15) is 5.75 Å². The van der Waals surface area contributed by atoms with Crippen LogP contribution in [0.15, 0.2) is 35.2 Å². The van der Waals surface area contributed by atoms with Gasteiger partial charge in [-0.15, -0.1) is 11.8 Å². The molecule has 0 aromatic heterocycles. The topological polar surface area (TPSA) is 48.0 Å². The Hall–Kier alpha value is -2.34. The molecule has 1 saturated carbocycles. The molecule has 2 aliphatic rings. The molecule has 0 radical (unpaired) electrons. The van der Waals surface area contributed by atoms with Crippen LogP contribution in [0.4, 0.5) is 0 Å². The molecule has 1 amide bonds. The first kappa shape index (κ1) is 19.0. The number of fused-ring (bicyclic) bond motifs is 1. The van der Waals surface area contributed by atoms with Crippen molar-refractivity contribution in [3.63, 3.8) is 0 Å². The average molecular weight is 400 g/mol. The summed E-state index contributed by atoms with van der Waals surface area (Å²) >= 11 is 1.77. The molecule has 0 bridgehead atoms. The lowest BCUT2D eigenvalue weighted by molar-refractivity contribution is -0.132. The number of rotatable bonds is 5. The highest BCUT2D eigenvalue weighted by molar-refractivity contribution is 7.99. The molecule has 0 atom stereocenters. The number of hydrogen-bond acceptors (Lipinski definition) is 5. The van der Waals surface area contributed by atoms with Crippen LogP contribution in [0.1, 0.15) is 18.4 Å². The maximum absolute atomic E-state index is 12.6. The van der Waals surface area contributed by atoms with Gasteiger partial charge in [-0.2, -0.15) is 0 Å². The maximum Gasteiger partial charge on any atom is 0.226 e. The second-order valence-corrected chi connectivity index (χ2v) is 8.22. The van der Waals surface area contributed by atoms with Gasteiger partial charge in [-0.1, -0.05) is 6.07 Å². The molecule has 0 unspecified atom stereocenters. The monoisotopic (exact) mass is 399 g/mol. The van der Waals surface area contributed by atoms with Gasteiger partial charge in [0, 0.05) is 24.8 Å². The Labute approximate surface area is 170 Å². The van der Waals surface area contributed by atoms with Crippen LogP contribution in [0.3, 0.4) is 0 Å². The summed E-state index contributed by atoms with van der Waals surface area (Å²) in [6, 6.07) is 10.1. The number of carbonyl (C=O) groups excluding carboxylic acids is 1. The number of benzene rings is 2. The van der Waals surface area contributed by atoms with Gasteiger partial charge in [-0.05, 0) is 53.8 Å². The third-order valence-electron chi connectivity index (χ3n) is 5.28. The fourth-order valence-electron chi connectivity index (χ4n) is 3.59. The third kappa shape index (κ3) is 3.65. The van der Waals surface area contributed by atoms with Crippen molar-refractivity contribution in [1.82, 2.24) is 4.90 Å². The maximum atomic E-state index is 12.6. The highest BCUT2D eigenvalue weighted by Crippen LogP contribution is 2.42. The van der Waals surface area contributed by atoms with Crippen LogP contribution < -0.4 is 14.2 Å². The van der Waals surface area contributed by atoms with Crippen molar-refractivity contribution in [2.45, 2.75) is 24.3 Å². The van der Waals surface area contributed by atoms with Crippen molar-refractivity contribution >= 4 is 17.7 Å². The van der Waals surface area contributed by atoms with Crippen molar-refractivity contribution < 1.29 is 19.0 Å². The summed E-state index contributed by atoms with van der Waals surface area (Å²) in [6.07, 6.45) is 2.06. The molecule has 1 aliphatic carbocycles. The molecule has 28 heavy (non-hydrogen) atoms. The Bertz CT molecular complexity index is 894. The Balaban J connectivity index is 1.73. The van der Waals surface area contributed by atoms with Crippen LogP contribution in [0.5, 0.6) is 17.2 Å². The van der Waals surface area contributed by atoms with E-state index < -0.39 is 0 Å². The Morgan fingerprint density at radius 3 is 2.36 bits per heavy atom. The quantitative estimate of drug-likeness (QED) is 0.753. The highest BCUT2D eigenvalue weighted by Gasteiger charge is 2.34. The lowest BCUT2D eigenvalue weighted by atomic mass is 10.0. The summed E-state index contributed by atoms with van der Waals surface area (Å²) in [6.45, 7) is 1.42. The van der Waals surface area contributed by atoms with E-state index in [0.29, 0.717) is 24.0 Å². The minimum Gasteiger partial charge on any atom is -0.496 e. The van der Waals surface area contributed by atoms with Gasteiger partial charge >= 0.3 is 0 Å². The minimum absolute atomic E-state index is 0.238. The Morgan fingerprint density at radius 1 is 0.964 bits per heavy atom. The molecule has 1 heterocycles. The standard InChI is InChI=1S/C22H25NO4S/c1-25-18-7-6-15(11-19(18)26-2)16-10-17-13-23(22(24)14-4-5-14)8-9-28-21(17)20(12-16)27-3/h6-7,10-12,14H,4-5,8-9,13H2,1-3H3. The molecule has 0 spiro atoms. The van der Waals surface area contributed by atoms with Gasteiger partial charge in [-0.25, -0.2) is 0 Å². The fourth-order valence-corrected chi connectivity index (χ4v) is 4.70. The number of hydrogen-bond donors (Lipinski definition) is 0. The summed E-state index contributed by atoms with van der Waals surface area (Å²) in [5.41, 5.74) is 3.20. The van der Waals surface area contributed by atoms with Crippen molar-refractivity contribution in [2.75, 3.05) is 33.6 Å². The van der Waals surface area contributed by atoms with E-state index in [1.807, 2.05) is 23.1 Å². The molecular weight excluding hydrogens is 374 g/mol. The van der Waals surface area contributed by atoms with Crippen LogP contribution in [0.2, 0.25) is 0 Å². The Morgan fingerprint density at radius 2 is 1.68 bits per heavy atom. The SMILES string of the molecule is COc1ccc(-c2cc3c(c(OC)c2)SCCN(C(=O)C2CC2)C3)cc1OC. The number of methoxy groups -OCH3 is 3. The van der Waals surface area contributed by atoms with E-state index in [2.05, 4.69) is 12.1 Å². The van der Waals surface area contributed by atoms with Gasteiger partial charge in [0.2, 0.25) is 5.91 Å². The number of thioether (sulfide) groups is 1. The van der Waals surface area contributed by atoms with E-state index in [0.717, 1.165) is 52.5 Å². The lowest BCUT2D eigenvalue weighted by Crippen LogP contribution is -2.32. The van der Waals surface area contributed by atoms with E-state index in [1.165, 1.54) is 0 Å². The first-order valence-electron chi connectivity index (χ1n) is 9.49. The van der Waals surface area contributed by atoms with Crippen molar-refractivity contribution in [3.05, 3.63) is 35.9 Å². The predicted molar refractivity (Wildman–Crippen MR) is 110 cm³/mol. The molecule has 0 N–H and O–H groups in total. The van der Waals surface area contributed by atoms with Gasteiger partial charge in [0.05, 0.1) is 26.2 Å². The largest absolute Gasteiger partial charge is 0.496 e. The van der Waals surface area contributed by atoms with E-state index in [1.54, 1.807) is 33.1 Å². The van der Waals surface area contributed by atoms with E-state index in [9.17, 15) is 4.79 Å². The zero-order chi connectivity index (χ0) is 19.7. The second kappa shape index (κ2) is 7.95. The third-order valence-corrected chi connectivity index (χ3v) is 6.41. The van der Waals surface area contributed by atoms with Gasteiger partial charge in [-0.3, -0.25) is 4.79 Å². The summed E-state index contributed by atoms with van der Waals surface area (Å²) < 4.78 is 16.5. The van der Waals surface area contributed by atoms with Gasteiger partial charge < -0.3 is 19.1 Å². The molecule has 148 valence electrons. The minimum atomic E-state index is 0.238. The first-order valence-corrected chi connectivity index (χ1v) is 10.5. The smallest absolute Gasteiger partial charge is 0.226 e. The van der Waals surface area contributed by atoms with Gasteiger partial charge in [0.25, 0.3) is 0 Å². The zero-order valence-electron chi connectivity index (χ0n) is 16.5. The van der Waals surface area contributed by atoms with Gasteiger partial charge in [0.15, 0.2) is 11.5 Å². The molecular formula is C22H25NO4S. The summed E-state index contributed by atoms with van der Waals surface area (Å²) in [5, 5.41) is 0. The van der Waals surface area contributed by atoms with Crippen molar-refractivity contribution in [2.24, 2.45) is 5.92 Å². The fraction of sp³-hybridized carbons (Fsp3) is 0.409. The summed E-state index contributed by atoms with van der Waals surface area (Å²) in [7, 11) is 4.97. The van der Waals surface area contributed by atoms with E-state index in [4.69, 9.17) is 14.2 Å². The van der Waals surface area contributed by atoms with E-state index >= 15 is 0 Å². The van der Waals surface area contributed by atoms with Crippen LogP contribution >= 0.6 is 11.8 Å². The number of ether oxygens (including phenoxy) is 3. The number of nitrogens with zero attached hydrogens (tertiary/aromatic N) is 1. The van der Waals surface area contributed by atoms with Crippen molar-refractivity contribution in [1.29, 1.82) is 0 Å². The molecule has 5 nitrogen and oxygen atoms in total. The molecule has 1 aliphatic heterocycles. The summed E-state index contributed by atoms with van der Waals surface area (Å²) in [5.74, 6) is 3.66. The molecule has 2 aromatic rings. The van der Waals surface area contributed by atoms with Crippen molar-refractivity contribution in [3.8, 4) is 28.4 Å².